The summed E-state index contributed by atoms with van der Waals surface area (Å²) < 4.78 is 21.5. The molecular weight excluding hydrogens is 405 g/mol. The van der Waals surface area contributed by atoms with Crippen molar-refractivity contribution in [3.8, 4) is 11.3 Å². The molecule has 1 aliphatic rings. The number of benzene rings is 1. The summed E-state index contributed by atoms with van der Waals surface area (Å²) in [5.41, 5.74) is 1.47. The molecule has 10 heteroatoms. The van der Waals surface area contributed by atoms with Gasteiger partial charge in [0.2, 0.25) is 5.95 Å². The van der Waals surface area contributed by atoms with Crippen LogP contribution in [-0.2, 0) is 11.8 Å². The van der Waals surface area contributed by atoms with Crippen LogP contribution in [0.2, 0.25) is 0 Å². The van der Waals surface area contributed by atoms with Crippen LogP contribution in [0, 0.1) is 5.82 Å². The Kier molecular flexibility index (Phi) is 5.63. The first-order valence-electron chi connectivity index (χ1n) is 9.57. The molecule has 0 bridgehead atoms. The highest BCUT2D eigenvalue weighted by atomic mass is 19.1. The average Bonchev–Trinajstić information content (AvgIpc) is 2.76. The Labute approximate surface area is 176 Å². The molecule has 31 heavy (non-hydrogen) atoms. The molecule has 1 aromatic carbocycles. The van der Waals surface area contributed by atoms with E-state index in [0.717, 1.165) is 11.8 Å². The van der Waals surface area contributed by atoms with Crippen LogP contribution < -0.4 is 15.8 Å². The number of nitrogens with one attached hydrogen (secondary N) is 1. The first-order chi connectivity index (χ1) is 14.9. The van der Waals surface area contributed by atoms with Crippen LogP contribution in [0.25, 0.3) is 11.3 Å². The van der Waals surface area contributed by atoms with E-state index in [0.29, 0.717) is 31.3 Å². The number of amides is 1. The van der Waals surface area contributed by atoms with Gasteiger partial charge in [0.1, 0.15) is 6.10 Å². The van der Waals surface area contributed by atoms with Crippen molar-refractivity contribution in [2.45, 2.75) is 6.10 Å². The summed E-state index contributed by atoms with van der Waals surface area (Å²) in [6.07, 6.45) is 1.10. The molecule has 4 rings (SSSR count). The quantitative estimate of drug-likeness (QED) is 0.661. The highest BCUT2D eigenvalue weighted by Gasteiger charge is 2.25. The van der Waals surface area contributed by atoms with E-state index in [4.69, 9.17) is 9.84 Å². The van der Waals surface area contributed by atoms with E-state index < -0.39 is 11.9 Å². The van der Waals surface area contributed by atoms with E-state index in [1.807, 2.05) is 4.90 Å². The van der Waals surface area contributed by atoms with Gasteiger partial charge in [-0.1, -0.05) is 12.1 Å². The summed E-state index contributed by atoms with van der Waals surface area (Å²) >= 11 is 0. The summed E-state index contributed by atoms with van der Waals surface area (Å²) in [5.74, 6) is -0.139. The SMILES string of the molecule is Cn1c(N2CCO[C@@H](c3ccc(NC(=O)O)cc3)C2)nc(-c2ccncc2F)cc1=O. The number of nitrogens with zero attached hydrogens (tertiary/aromatic N) is 4. The minimum Gasteiger partial charge on any atom is -0.465 e. The Morgan fingerprint density at radius 3 is 2.77 bits per heavy atom. The Hall–Kier alpha value is -3.79. The van der Waals surface area contributed by atoms with Crippen molar-refractivity contribution in [1.82, 2.24) is 14.5 Å². The highest BCUT2D eigenvalue weighted by Crippen LogP contribution is 2.27. The summed E-state index contributed by atoms with van der Waals surface area (Å²) in [7, 11) is 1.62. The summed E-state index contributed by atoms with van der Waals surface area (Å²) in [6, 6.07) is 9.67. The second-order valence-electron chi connectivity index (χ2n) is 7.05. The van der Waals surface area contributed by atoms with E-state index in [2.05, 4.69) is 15.3 Å². The molecule has 3 aromatic rings. The number of hydrogen-bond acceptors (Lipinski definition) is 6. The molecule has 3 heterocycles. The average molecular weight is 425 g/mol. The summed E-state index contributed by atoms with van der Waals surface area (Å²) in [6.45, 7) is 1.34. The van der Waals surface area contributed by atoms with Crippen molar-refractivity contribution in [3.05, 3.63) is 70.5 Å². The molecule has 0 unspecified atom stereocenters. The first-order valence-corrected chi connectivity index (χ1v) is 9.57. The third kappa shape index (κ3) is 4.38. The number of hydrogen-bond donors (Lipinski definition) is 2. The van der Waals surface area contributed by atoms with Crippen LogP contribution in [0.5, 0.6) is 0 Å². The van der Waals surface area contributed by atoms with Crippen LogP contribution >= 0.6 is 0 Å². The van der Waals surface area contributed by atoms with Gasteiger partial charge in [0.15, 0.2) is 5.82 Å². The van der Waals surface area contributed by atoms with Crippen molar-refractivity contribution in [3.63, 3.8) is 0 Å². The minimum atomic E-state index is -1.13. The zero-order valence-electron chi connectivity index (χ0n) is 16.7. The van der Waals surface area contributed by atoms with Gasteiger partial charge in [-0.3, -0.25) is 19.7 Å². The Morgan fingerprint density at radius 2 is 2.06 bits per heavy atom. The molecule has 2 N–H and O–H groups in total. The summed E-state index contributed by atoms with van der Waals surface area (Å²) in [4.78, 5) is 33.5. The lowest BCUT2D eigenvalue weighted by Crippen LogP contribution is -2.41. The molecule has 0 radical (unpaired) electrons. The van der Waals surface area contributed by atoms with Crippen LogP contribution in [0.15, 0.2) is 53.6 Å². The smallest absolute Gasteiger partial charge is 0.409 e. The van der Waals surface area contributed by atoms with E-state index in [-0.39, 0.29) is 22.9 Å². The van der Waals surface area contributed by atoms with Gasteiger partial charge in [-0.25, -0.2) is 14.2 Å². The minimum absolute atomic E-state index is 0.209. The van der Waals surface area contributed by atoms with Crippen molar-refractivity contribution in [2.24, 2.45) is 7.05 Å². The molecular formula is C21H20FN5O4. The normalized spacial score (nSPS) is 16.2. The molecule has 0 saturated carbocycles. The largest absolute Gasteiger partial charge is 0.465 e. The van der Waals surface area contributed by atoms with Crippen LogP contribution in [0.4, 0.5) is 20.8 Å². The second-order valence-corrected chi connectivity index (χ2v) is 7.05. The van der Waals surface area contributed by atoms with E-state index in [1.54, 1.807) is 31.3 Å². The number of aromatic nitrogens is 3. The fourth-order valence-electron chi connectivity index (χ4n) is 3.47. The van der Waals surface area contributed by atoms with Gasteiger partial charge in [-0.15, -0.1) is 0 Å². The molecule has 9 nitrogen and oxygen atoms in total. The predicted molar refractivity (Wildman–Crippen MR) is 112 cm³/mol. The Morgan fingerprint density at radius 1 is 1.29 bits per heavy atom. The molecule has 0 spiro atoms. The van der Waals surface area contributed by atoms with Gasteiger partial charge in [-0.05, 0) is 23.8 Å². The monoisotopic (exact) mass is 425 g/mol. The lowest BCUT2D eigenvalue weighted by atomic mass is 10.1. The Bertz CT molecular complexity index is 1170. The number of ether oxygens (including phenoxy) is 1. The van der Waals surface area contributed by atoms with Gasteiger partial charge >= 0.3 is 6.09 Å². The fourth-order valence-corrected chi connectivity index (χ4v) is 3.47. The van der Waals surface area contributed by atoms with Gasteiger partial charge < -0.3 is 14.7 Å². The lowest BCUT2D eigenvalue weighted by Gasteiger charge is -2.34. The number of carboxylic acid groups (broad SMARTS) is 1. The number of rotatable bonds is 4. The van der Waals surface area contributed by atoms with Crippen LogP contribution in [0.1, 0.15) is 11.7 Å². The van der Waals surface area contributed by atoms with Gasteiger partial charge in [0.05, 0.1) is 25.0 Å². The number of carbonyl (C=O) groups is 1. The zero-order chi connectivity index (χ0) is 22.0. The molecule has 1 saturated heterocycles. The predicted octanol–water partition coefficient (Wildman–Crippen LogP) is 2.65. The first kappa shape index (κ1) is 20.5. The van der Waals surface area contributed by atoms with Crippen molar-refractivity contribution >= 4 is 17.7 Å². The number of halogens is 1. The summed E-state index contributed by atoms with van der Waals surface area (Å²) in [5, 5.41) is 11.1. The maximum absolute atomic E-state index is 14.2. The topological polar surface area (TPSA) is 110 Å². The van der Waals surface area contributed by atoms with Crippen molar-refractivity contribution in [2.75, 3.05) is 29.9 Å². The fraction of sp³-hybridized carbons (Fsp3) is 0.238. The highest BCUT2D eigenvalue weighted by molar-refractivity contribution is 5.82. The molecule has 1 atom stereocenters. The molecule has 1 fully saturated rings. The van der Waals surface area contributed by atoms with Gasteiger partial charge in [-0.2, -0.15) is 0 Å². The van der Waals surface area contributed by atoms with E-state index >= 15 is 0 Å². The maximum atomic E-state index is 14.2. The molecule has 160 valence electrons. The van der Waals surface area contributed by atoms with Gasteiger partial charge in [0.25, 0.3) is 5.56 Å². The van der Waals surface area contributed by atoms with Crippen LogP contribution in [0.3, 0.4) is 0 Å². The number of pyridine rings is 1. The Balaban J connectivity index is 1.62. The van der Waals surface area contributed by atoms with Crippen molar-refractivity contribution < 1.29 is 19.0 Å². The van der Waals surface area contributed by atoms with Crippen LogP contribution in [-0.4, -0.2) is 45.4 Å². The maximum Gasteiger partial charge on any atom is 0.409 e. The molecule has 2 aromatic heterocycles. The van der Waals surface area contributed by atoms with Crippen molar-refractivity contribution in [1.29, 1.82) is 0 Å². The van der Waals surface area contributed by atoms with Gasteiger partial charge in [0, 0.05) is 37.1 Å². The molecule has 0 aliphatic carbocycles. The number of anilines is 2. The number of morpholine rings is 1. The standard InChI is InChI=1S/C21H20FN5O4/c1-26-19(28)10-17(15-6-7-23-11-16(15)22)25-20(26)27-8-9-31-18(12-27)13-2-4-14(5-3-13)24-21(29)30/h2-7,10-11,18,24H,8-9,12H2,1H3,(H,29,30)/t18-/m1/s1. The third-order valence-electron chi connectivity index (χ3n) is 5.04. The third-order valence-corrected chi connectivity index (χ3v) is 5.04. The molecule has 1 amide bonds. The molecule has 1 aliphatic heterocycles. The van der Waals surface area contributed by atoms with E-state index in [9.17, 15) is 14.0 Å². The lowest BCUT2D eigenvalue weighted by molar-refractivity contribution is 0.0390. The zero-order valence-corrected chi connectivity index (χ0v) is 16.7. The second kappa shape index (κ2) is 8.52. The van der Waals surface area contributed by atoms with E-state index in [1.165, 1.54) is 22.9 Å².